The van der Waals surface area contributed by atoms with Gasteiger partial charge in [0, 0.05) is 17.3 Å². The third-order valence-corrected chi connectivity index (χ3v) is 6.96. The number of anilines is 1. The third kappa shape index (κ3) is 3.63. The zero-order chi connectivity index (χ0) is 18.9. The third-order valence-electron chi connectivity index (χ3n) is 4.79. The SMILES string of the molecule is Cc1cccc(NC(=O)[C@@H]2CCCN2S(=O)(=O)c2ccc(Cl)cc2)c1C. The van der Waals surface area contributed by atoms with Gasteiger partial charge >= 0.3 is 0 Å². The summed E-state index contributed by atoms with van der Waals surface area (Å²) in [7, 11) is -3.75. The molecule has 5 nitrogen and oxygen atoms in total. The highest BCUT2D eigenvalue weighted by Gasteiger charge is 2.39. The Morgan fingerprint density at radius 2 is 1.85 bits per heavy atom. The van der Waals surface area contributed by atoms with Crippen LogP contribution in [0.5, 0.6) is 0 Å². The first-order valence-corrected chi connectivity index (χ1v) is 10.3. The molecule has 1 atom stereocenters. The zero-order valence-electron chi connectivity index (χ0n) is 14.7. The number of hydrogen-bond donors (Lipinski definition) is 1. The molecule has 1 heterocycles. The van der Waals surface area contributed by atoms with Crippen molar-refractivity contribution in [3.8, 4) is 0 Å². The van der Waals surface area contributed by atoms with Gasteiger partial charge in [-0.05, 0) is 68.1 Å². The Bertz CT molecular complexity index is 926. The molecule has 0 unspecified atom stereocenters. The topological polar surface area (TPSA) is 66.5 Å². The molecule has 2 aromatic rings. The minimum atomic E-state index is -3.75. The molecule has 0 aliphatic carbocycles. The molecule has 138 valence electrons. The minimum Gasteiger partial charge on any atom is -0.324 e. The maximum absolute atomic E-state index is 12.9. The molecule has 0 spiro atoms. The summed E-state index contributed by atoms with van der Waals surface area (Å²) in [6.45, 7) is 4.23. The lowest BCUT2D eigenvalue weighted by Crippen LogP contribution is -2.43. The van der Waals surface area contributed by atoms with E-state index >= 15 is 0 Å². The Morgan fingerprint density at radius 3 is 2.54 bits per heavy atom. The van der Waals surface area contributed by atoms with Crippen molar-refractivity contribution >= 4 is 33.2 Å². The number of nitrogens with zero attached hydrogens (tertiary/aromatic N) is 1. The van der Waals surface area contributed by atoms with Crippen LogP contribution < -0.4 is 5.32 Å². The van der Waals surface area contributed by atoms with Gasteiger partial charge in [-0.1, -0.05) is 23.7 Å². The Morgan fingerprint density at radius 1 is 1.15 bits per heavy atom. The number of hydrogen-bond acceptors (Lipinski definition) is 3. The number of carbonyl (C=O) groups excluding carboxylic acids is 1. The summed E-state index contributed by atoms with van der Waals surface area (Å²) in [5, 5.41) is 3.36. The van der Waals surface area contributed by atoms with Crippen LogP contribution in [0.4, 0.5) is 5.69 Å². The van der Waals surface area contributed by atoms with Crippen LogP contribution in [0.2, 0.25) is 5.02 Å². The molecule has 0 radical (unpaired) electrons. The number of aryl methyl sites for hydroxylation is 1. The van der Waals surface area contributed by atoms with Crippen LogP contribution in [-0.2, 0) is 14.8 Å². The first kappa shape index (κ1) is 18.9. The number of sulfonamides is 1. The van der Waals surface area contributed by atoms with Gasteiger partial charge in [0.25, 0.3) is 0 Å². The summed E-state index contributed by atoms with van der Waals surface area (Å²) in [5.41, 5.74) is 2.76. The van der Waals surface area contributed by atoms with Crippen molar-refractivity contribution in [1.29, 1.82) is 0 Å². The highest BCUT2D eigenvalue weighted by molar-refractivity contribution is 7.89. The number of rotatable bonds is 4. The van der Waals surface area contributed by atoms with Crippen LogP contribution in [0, 0.1) is 13.8 Å². The van der Waals surface area contributed by atoms with Crippen molar-refractivity contribution in [3.05, 3.63) is 58.6 Å². The largest absolute Gasteiger partial charge is 0.324 e. The number of carbonyl (C=O) groups is 1. The maximum Gasteiger partial charge on any atom is 0.243 e. The lowest BCUT2D eigenvalue weighted by Gasteiger charge is -2.24. The zero-order valence-corrected chi connectivity index (χ0v) is 16.3. The van der Waals surface area contributed by atoms with E-state index < -0.39 is 16.1 Å². The Balaban J connectivity index is 1.84. The lowest BCUT2D eigenvalue weighted by atomic mass is 10.1. The molecule has 7 heteroatoms. The number of halogens is 1. The van der Waals surface area contributed by atoms with E-state index in [-0.39, 0.29) is 10.8 Å². The van der Waals surface area contributed by atoms with Crippen LogP contribution in [0.1, 0.15) is 24.0 Å². The molecule has 3 rings (SSSR count). The van der Waals surface area contributed by atoms with Gasteiger partial charge in [-0.25, -0.2) is 8.42 Å². The second kappa shape index (κ2) is 7.39. The average Bonchev–Trinajstić information content (AvgIpc) is 3.10. The van der Waals surface area contributed by atoms with Gasteiger partial charge in [0.05, 0.1) is 4.90 Å². The van der Waals surface area contributed by atoms with Crippen LogP contribution in [0.3, 0.4) is 0 Å². The fraction of sp³-hybridized carbons (Fsp3) is 0.316. The number of nitrogens with one attached hydrogen (secondary N) is 1. The monoisotopic (exact) mass is 392 g/mol. The summed E-state index contributed by atoms with van der Waals surface area (Å²) in [6.07, 6.45) is 1.15. The fourth-order valence-corrected chi connectivity index (χ4v) is 4.92. The van der Waals surface area contributed by atoms with Crippen molar-refractivity contribution in [3.63, 3.8) is 0 Å². The van der Waals surface area contributed by atoms with Crippen molar-refractivity contribution < 1.29 is 13.2 Å². The highest BCUT2D eigenvalue weighted by atomic mass is 35.5. The summed E-state index contributed by atoms with van der Waals surface area (Å²) < 4.78 is 27.2. The van der Waals surface area contributed by atoms with E-state index in [4.69, 9.17) is 11.6 Å². The van der Waals surface area contributed by atoms with Crippen LogP contribution >= 0.6 is 11.6 Å². The van der Waals surface area contributed by atoms with E-state index in [0.717, 1.165) is 11.1 Å². The molecule has 1 aliphatic heterocycles. The lowest BCUT2D eigenvalue weighted by molar-refractivity contribution is -0.119. The quantitative estimate of drug-likeness (QED) is 0.861. The molecule has 2 aromatic carbocycles. The molecular weight excluding hydrogens is 372 g/mol. The number of amides is 1. The first-order valence-electron chi connectivity index (χ1n) is 8.45. The molecule has 1 fully saturated rings. The van der Waals surface area contributed by atoms with Crippen molar-refractivity contribution in [1.82, 2.24) is 4.31 Å². The Kier molecular flexibility index (Phi) is 5.37. The normalized spacial score (nSPS) is 18.0. The first-order chi connectivity index (χ1) is 12.3. The molecule has 0 saturated carbocycles. The van der Waals surface area contributed by atoms with Crippen LogP contribution in [0.15, 0.2) is 47.4 Å². The molecule has 1 saturated heterocycles. The Labute approximate surface area is 159 Å². The van der Waals surface area contributed by atoms with Gasteiger partial charge in [0.2, 0.25) is 15.9 Å². The van der Waals surface area contributed by atoms with E-state index in [1.807, 2.05) is 32.0 Å². The van der Waals surface area contributed by atoms with E-state index in [2.05, 4.69) is 5.32 Å². The summed E-state index contributed by atoms with van der Waals surface area (Å²) in [6, 6.07) is 11.0. The number of benzene rings is 2. The highest BCUT2D eigenvalue weighted by Crippen LogP contribution is 2.28. The Hall–Kier alpha value is -1.89. The smallest absolute Gasteiger partial charge is 0.243 e. The summed E-state index contributed by atoms with van der Waals surface area (Å²) in [4.78, 5) is 12.9. The van der Waals surface area contributed by atoms with Gasteiger partial charge in [-0.2, -0.15) is 4.31 Å². The molecular formula is C19H21ClN2O3S. The molecule has 1 N–H and O–H groups in total. The second-order valence-corrected chi connectivity index (χ2v) is 8.79. The summed E-state index contributed by atoms with van der Waals surface area (Å²) in [5.74, 6) is -0.297. The summed E-state index contributed by atoms with van der Waals surface area (Å²) >= 11 is 5.85. The predicted molar refractivity (Wildman–Crippen MR) is 103 cm³/mol. The van der Waals surface area contributed by atoms with Gasteiger partial charge in [0.15, 0.2) is 0 Å². The average molecular weight is 393 g/mol. The van der Waals surface area contributed by atoms with Gasteiger partial charge in [-0.15, -0.1) is 0 Å². The molecule has 1 aliphatic rings. The van der Waals surface area contributed by atoms with Crippen molar-refractivity contribution in [2.75, 3.05) is 11.9 Å². The van der Waals surface area contributed by atoms with Gasteiger partial charge < -0.3 is 5.32 Å². The van der Waals surface area contributed by atoms with E-state index in [1.165, 1.54) is 28.6 Å². The predicted octanol–water partition coefficient (Wildman–Crippen LogP) is 3.75. The molecule has 26 heavy (non-hydrogen) atoms. The van der Waals surface area contributed by atoms with E-state index in [0.29, 0.717) is 30.1 Å². The maximum atomic E-state index is 12.9. The fourth-order valence-electron chi connectivity index (χ4n) is 3.13. The van der Waals surface area contributed by atoms with Gasteiger partial charge in [-0.3, -0.25) is 4.79 Å². The van der Waals surface area contributed by atoms with Crippen LogP contribution in [-0.4, -0.2) is 31.2 Å². The second-order valence-electron chi connectivity index (χ2n) is 6.46. The minimum absolute atomic E-state index is 0.147. The van der Waals surface area contributed by atoms with E-state index in [9.17, 15) is 13.2 Å². The molecule has 0 bridgehead atoms. The van der Waals surface area contributed by atoms with Crippen molar-refractivity contribution in [2.45, 2.75) is 37.6 Å². The van der Waals surface area contributed by atoms with Crippen LogP contribution in [0.25, 0.3) is 0 Å². The van der Waals surface area contributed by atoms with Crippen molar-refractivity contribution in [2.24, 2.45) is 0 Å². The molecule has 0 aromatic heterocycles. The molecule has 1 amide bonds. The van der Waals surface area contributed by atoms with Gasteiger partial charge in [0.1, 0.15) is 6.04 Å². The van der Waals surface area contributed by atoms with E-state index in [1.54, 1.807) is 0 Å². The standard InChI is InChI=1S/C19H21ClN2O3S/c1-13-5-3-6-17(14(13)2)21-19(23)18-7-4-12-22(18)26(24,25)16-10-8-15(20)9-11-16/h3,5-6,8-11,18H,4,7,12H2,1-2H3,(H,21,23)/t18-/m0/s1.